The summed E-state index contributed by atoms with van der Waals surface area (Å²) >= 11 is 0. The van der Waals surface area contributed by atoms with E-state index in [0.29, 0.717) is 41.8 Å². The van der Waals surface area contributed by atoms with Crippen molar-refractivity contribution < 1.29 is 48.2 Å². The van der Waals surface area contributed by atoms with Gasteiger partial charge in [0.15, 0.2) is 5.96 Å². The Bertz CT molecular complexity index is 2410. The number of aromatic nitrogens is 2. The monoisotopic (exact) mass is 1040 g/mol. The van der Waals surface area contributed by atoms with Gasteiger partial charge in [0.1, 0.15) is 48.0 Å². The Labute approximate surface area is 438 Å². The predicted octanol–water partition coefficient (Wildman–Crippen LogP) is 0.184. The van der Waals surface area contributed by atoms with Crippen molar-refractivity contribution in [2.45, 2.75) is 141 Å². The molecule has 0 spiro atoms. The van der Waals surface area contributed by atoms with E-state index in [4.69, 9.17) is 16.2 Å². The molecule has 0 unspecified atom stereocenters. The van der Waals surface area contributed by atoms with Gasteiger partial charge >= 0.3 is 5.97 Å². The summed E-state index contributed by atoms with van der Waals surface area (Å²) in [6.45, 7) is 10.6. The van der Waals surface area contributed by atoms with Gasteiger partial charge < -0.3 is 68.4 Å². The molecule has 7 amide bonds. The van der Waals surface area contributed by atoms with E-state index in [1.807, 2.05) is 6.92 Å². The molecule has 0 radical (unpaired) electrons. The number of amides is 7. The number of likely N-dealkylation sites (N-methyl/N-ethyl adjacent to an activating group) is 1. The molecule has 23 heteroatoms. The van der Waals surface area contributed by atoms with Crippen molar-refractivity contribution >= 4 is 53.3 Å². The zero-order chi connectivity index (χ0) is 55.4. The van der Waals surface area contributed by atoms with Crippen LogP contribution in [0.5, 0.6) is 5.75 Å². The number of methoxy groups -OCH3 is 1. The lowest BCUT2D eigenvalue weighted by atomic mass is 9.96. The van der Waals surface area contributed by atoms with E-state index in [2.05, 4.69) is 52.2 Å². The van der Waals surface area contributed by atoms with Crippen molar-refractivity contribution in [2.75, 3.05) is 27.2 Å². The van der Waals surface area contributed by atoms with Gasteiger partial charge in [0.25, 0.3) is 0 Å². The Morgan fingerprint density at radius 3 is 2.00 bits per heavy atom. The fourth-order valence-corrected chi connectivity index (χ4v) is 8.34. The zero-order valence-corrected chi connectivity index (χ0v) is 44.2. The van der Waals surface area contributed by atoms with Crippen LogP contribution in [0.2, 0.25) is 0 Å². The minimum atomic E-state index is -1.32. The molecule has 4 rings (SSSR count). The lowest BCUT2D eigenvalue weighted by molar-refractivity contribution is -0.145. The molecule has 1 fully saturated rings. The molecule has 8 atom stereocenters. The quantitative estimate of drug-likeness (QED) is 0.0251. The van der Waals surface area contributed by atoms with Crippen LogP contribution in [0, 0.1) is 11.8 Å². The van der Waals surface area contributed by atoms with Crippen LogP contribution in [0.3, 0.4) is 0 Å². The first kappa shape index (κ1) is 60.0. The topological polar surface area (TPSA) is 347 Å². The molecule has 3 aromatic rings. The van der Waals surface area contributed by atoms with Crippen LogP contribution in [-0.4, -0.2) is 148 Å². The number of hydrogen-bond acceptors (Lipinski definition) is 12. The molecular weight excluding hydrogens is 967 g/mol. The maximum Gasteiger partial charge on any atom is 0.326 e. The summed E-state index contributed by atoms with van der Waals surface area (Å²) < 4.78 is 5.33. The normalized spacial score (nSPS) is 16.2. The van der Waals surface area contributed by atoms with Gasteiger partial charge in [-0.3, -0.25) is 38.6 Å². The number of aliphatic carboxylic acids is 1. The first-order chi connectivity index (χ1) is 35.6. The number of nitrogens with two attached hydrogens (primary N) is 2. The van der Waals surface area contributed by atoms with Crippen LogP contribution in [0.1, 0.15) is 90.5 Å². The van der Waals surface area contributed by atoms with E-state index >= 15 is 0 Å². The number of imidazole rings is 1. The van der Waals surface area contributed by atoms with Crippen molar-refractivity contribution in [3.05, 3.63) is 83.9 Å². The second-order valence-corrected chi connectivity index (χ2v) is 19.7. The summed E-state index contributed by atoms with van der Waals surface area (Å²) in [5.41, 5.74) is 11.7. The molecule has 13 N–H and O–H groups in total. The van der Waals surface area contributed by atoms with Gasteiger partial charge in [-0.2, -0.15) is 0 Å². The molecule has 1 aliphatic rings. The highest BCUT2D eigenvalue weighted by Crippen LogP contribution is 2.21. The first-order valence-corrected chi connectivity index (χ1v) is 25.3. The highest BCUT2D eigenvalue weighted by Gasteiger charge is 2.41. The van der Waals surface area contributed by atoms with Crippen molar-refractivity contribution in [1.82, 2.24) is 52.1 Å². The number of carboxylic acid groups (broad SMARTS) is 1. The predicted molar refractivity (Wildman–Crippen MR) is 280 cm³/mol. The lowest BCUT2D eigenvalue weighted by Crippen LogP contribution is -2.62. The molecular formula is C52H77N13O10. The fraction of sp³-hybridized carbons (Fsp3) is 0.538. The number of aliphatic imine (C=N–C) groups is 1. The van der Waals surface area contributed by atoms with E-state index in [1.165, 1.54) is 24.5 Å². The summed E-state index contributed by atoms with van der Waals surface area (Å²) in [6, 6.07) is 7.18. The standard InChI is InChI=1S/C52H77N13O10/c1-9-31(4)42(47(70)60-38(27-34-28-56-29-58-34)48(71)65-24-14-18-40(65)45(68)61-39(49(72)73)26-32-15-11-10-12-16-32)64-44(67)37(25-33-19-21-35(75-8)22-20-33)59-46(69)41(30(2)3)63-43(66)36(17-13-23-57-51(53)54)62-50(74)52(5,6)55-7/h10-12,15-16,19-22,28-31,36-42,55H,9,13-14,17-18,23-27H2,1-8H3,(H,56,58)(H,59,69)(H,60,70)(H,61,68)(H,62,74)(H,63,66)(H,64,67)(H,72,73)(H4,53,54,57)/t31-,36-,37-,38-,39-,40-,41-,42-/m0/s1. The smallest absolute Gasteiger partial charge is 0.326 e. The lowest BCUT2D eigenvalue weighted by Gasteiger charge is -2.32. The fourth-order valence-electron chi connectivity index (χ4n) is 8.34. The van der Waals surface area contributed by atoms with Crippen LogP contribution in [0.4, 0.5) is 0 Å². The van der Waals surface area contributed by atoms with E-state index in [9.17, 15) is 43.5 Å². The highest BCUT2D eigenvalue weighted by atomic mass is 16.5. The number of ether oxygens (including phenoxy) is 1. The number of hydrogen-bond donors (Lipinski definition) is 11. The number of nitrogens with zero attached hydrogens (tertiary/aromatic N) is 3. The van der Waals surface area contributed by atoms with Gasteiger partial charge in [-0.1, -0.05) is 76.6 Å². The molecule has 1 aliphatic heterocycles. The van der Waals surface area contributed by atoms with Crippen LogP contribution < -0.4 is 53.4 Å². The highest BCUT2D eigenvalue weighted by molar-refractivity contribution is 5.98. The van der Waals surface area contributed by atoms with Crippen molar-refractivity contribution in [3.8, 4) is 5.75 Å². The van der Waals surface area contributed by atoms with Gasteiger partial charge in [0, 0.05) is 44.2 Å². The van der Waals surface area contributed by atoms with E-state index in [1.54, 1.807) is 96.3 Å². The zero-order valence-electron chi connectivity index (χ0n) is 44.2. The van der Waals surface area contributed by atoms with Gasteiger partial charge in [0.2, 0.25) is 41.4 Å². The number of H-pyrrole nitrogens is 1. The van der Waals surface area contributed by atoms with Crippen LogP contribution >= 0.6 is 0 Å². The average Bonchev–Trinajstić information content (AvgIpc) is 4.10. The van der Waals surface area contributed by atoms with Gasteiger partial charge in [-0.15, -0.1) is 0 Å². The van der Waals surface area contributed by atoms with Crippen molar-refractivity contribution in [2.24, 2.45) is 28.3 Å². The number of rotatable bonds is 29. The van der Waals surface area contributed by atoms with Crippen LogP contribution in [0.15, 0.2) is 72.1 Å². The maximum absolute atomic E-state index is 14.7. The number of carbonyl (C=O) groups is 8. The molecule has 1 saturated heterocycles. The van der Waals surface area contributed by atoms with E-state index in [0.717, 1.165) is 0 Å². The number of carbonyl (C=O) groups excluding carboxylic acids is 7. The summed E-state index contributed by atoms with van der Waals surface area (Å²) in [5.74, 6) is -6.45. The molecule has 1 aromatic heterocycles. The number of aromatic amines is 1. The number of nitrogens with one attached hydrogen (secondary N) is 8. The van der Waals surface area contributed by atoms with Gasteiger partial charge in [-0.25, -0.2) is 9.78 Å². The molecule has 0 bridgehead atoms. The third-order valence-electron chi connectivity index (χ3n) is 13.4. The van der Waals surface area contributed by atoms with E-state index in [-0.39, 0.29) is 51.2 Å². The minimum Gasteiger partial charge on any atom is -0.497 e. The molecule has 410 valence electrons. The molecule has 2 aromatic carbocycles. The molecule has 23 nitrogen and oxygen atoms in total. The van der Waals surface area contributed by atoms with Crippen molar-refractivity contribution in [1.29, 1.82) is 0 Å². The number of benzene rings is 2. The van der Waals surface area contributed by atoms with Gasteiger partial charge in [-0.05, 0) is 81.7 Å². The molecule has 75 heavy (non-hydrogen) atoms. The number of guanidine groups is 1. The Kier molecular flexibility index (Phi) is 23.0. The van der Waals surface area contributed by atoms with E-state index < -0.39 is 107 Å². The Morgan fingerprint density at radius 1 is 0.800 bits per heavy atom. The Balaban J connectivity index is 1.61. The SMILES string of the molecule is CC[C@H](C)[C@H](NC(=O)[C@H](Cc1ccc(OC)cc1)NC(=O)[C@@H](NC(=O)[C@H](CCCN=C(N)N)NC(=O)C(C)(C)NC)C(C)C)C(=O)N[C@@H](Cc1cnc[nH]1)C(=O)N1CCC[C@H]1C(=O)N[C@@H](Cc1ccccc1)C(=O)O. The maximum atomic E-state index is 14.7. The van der Waals surface area contributed by atoms with Gasteiger partial charge in [0.05, 0.1) is 19.0 Å². The summed E-state index contributed by atoms with van der Waals surface area (Å²) in [6.07, 6.45) is 4.29. The average molecular weight is 1040 g/mol. The largest absolute Gasteiger partial charge is 0.497 e. The Hall–Kier alpha value is -7.56. The number of carboxylic acids is 1. The molecule has 0 saturated carbocycles. The Morgan fingerprint density at radius 2 is 1.41 bits per heavy atom. The van der Waals surface area contributed by atoms with Crippen molar-refractivity contribution in [3.63, 3.8) is 0 Å². The van der Waals surface area contributed by atoms with Crippen LogP contribution in [-0.2, 0) is 57.6 Å². The van der Waals surface area contributed by atoms with Crippen LogP contribution in [0.25, 0.3) is 0 Å². The summed E-state index contributed by atoms with van der Waals surface area (Å²) in [7, 11) is 3.11. The first-order valence-electron chi connectivity index (χ1n) is 25.3. The third-order valence-corrected chi connectivity index (χ3v) is 13.4. The summed E-state index contributed by atoms with van der Waals surface area (Å²) in [4.78, 5) is 124. The second kappa shape index (κ2) is 28.8. The molecule has 0 aliphatic carbocycles. The molecule has 2 heterocycles. The minimum absolute atomic E-state index is 0.0183. The summed E-state index contributed by atoms with van der Waals surface area (Å²) in [5, 5.41) is 29.6. The third kappa shape index (κ3) is 18.1. The number of likely N-dealkylation sites (tertiary alicyclic amines) is 1. The second-order valence-electron chi connectivity index (χ2n) is 19.7.